The van der Waals surface area contributed by atoms with Crippen LogP contribution in [0.4, 0.5) is 5.69 Å². The number of ether oxygens (including phenoxy) is 2. The molecule has 0 unspecified atom stereocenters. The summed E-state index contributed by atoms with van der Waals surface area (Å²) in [5, 5.41) is 1.13. The Kier molecular flexibility index (Phi) is 6.59. The van der Waals surface area contributed by atoms with Crippen LogP contribution in [0.1, 0.15) is 40.6 Å². The van der Waals surface area contributed by atoms with Crippen LogP contribution < -0.4 is 16.2 Å². The van der Waals surface area contributed by atoms with Crippen LogP contribution in [-0.2, 0) is 4.74 Å². The smallest absolute Gasteiger partial charge is 0.357 e. The highest BCUT2D eigenvalue weighted by molar-refractivity contribution is 6.05. The van der Waals surface area contributed by atoms with Crippen molar-refractivity contribution < 1.29 is 19.1 Å². The number of pyridine rings is 1. The summed E-state index contributed by atoms with van der Waals surface area (Å²) in [6.45, 7) is 2.34. The molecule has 8 heteroatoms. The average Bonchev–Trinajstić information content (AvgIpc) is 2.73. The van der Waals surface area contributed by atoms with E-state index in [1.165, 1.54) is 6.20 Å². The van der Waals surface area contributed by atoms with Crippen molar-refractivity contribution in [2.75, 3.05) is 6.61 Å². The van der Waals surface area contributed by atoms with Crippen molar-refractivity contribution in [2.24, 2.45) is 16.5 Å². The van der Waals surface area contributed by atoms with E-state index in [2.05, 4.69) is 9.98 Å². The van der Waals surface area contributed by atoms with Gasteiger partial charge in [-0.25, -0.2) is 19.6 Å². The van der Waals surface area contributed by atoms with Gasteiger partial charge in [0.1, 0.15) is 5.75 Å². The van der Waals surface area contributed by atoms with Crippen LogP contribution in [0.5, 0.6) is 5.75 Å². The first-order valence-corrected chi connectivity index (χ1v) is 9.46. The number of hydrogen-bond donors (Lipinski definition) is 2. The fourth-order valence-corrected chi connectivity index (χ4v) is 2.79. The highest BCUT2D eigenvalue weighted by Crippen LogP contribution is 2.28. The zero-order chi connectivity index (χ0) is 21.5. The molecule has 0 spiro atoms. The Bertz CT molecular complexity index is 1090. The summed E-state index contributed by atoms with van der Waals surface area (Å²) < 4.78 is 10.8. The first kappa shape index (κ1) is 20.8. The molecule has 4 N–H and O–H groups in total. The third-order valence-corrected chi connectivity index (χ3v) is 4.25. The molecule has 3 rings (SSSR count). The standard InChI is InChI=1S/C22H22N4O4/c1-2-3-13-29-21(28)19-17-5-4-6-18(16(17)11-12-25-19)30-20(27)14-7-9-15(10-8-14)26-22(23)24/h4-12H,2-3,13H2,1H3,(H4,23,24,26). The number of carbonyl (C=O) groups is 2. The number of rotatable bonds is 7. The van der Waals surface area contributed by atoms with Gasteiger partial charge in [0.2, 0.25) is 0 Å². The van der Waals surface area contributed by atoms with Crippen LogP contribution >= 0.6 is 0 Å². The lowest BCUT2D eigenvalue weighted by Crippen LogP contribution is -2.21. The molecule has 1 aromatic heterocycles. The Morgan fingerprint density at radius 1 is 1.00 bits per heavy atom. The topological polar surface area (TPSA) is 130 Å². The van der Waals surface area contributed by atoms with Crippen LogP contribution in [-0.4, -0.2) is 29.5 Å². The molecule has 154 valence electrons. The number of hydrogen-bond acceptors (Lipinski definition) is 6. The number of unbranched alkanes of at least 4 members (excludes halogenated alkanes) is 1. The summed E-state index contributed by atoms with van der Waals surface area (Å²) >= 11 is 0. The number of carbonyl (C=O) groups excluding carboxylic acids is 2. The molecule has 0 aliphatic carbocycles. The number of esters is 2. The molecule has 0 aliphatic rings. The maximum absolute atomic E-state index is 12.6. The molecule has 0 saturated carbocycles. The highest BCUT2D eigenvalue weighted by atomic mass is 16.5. The molecule has 30 heavy (non-hydrogen) atoms. The summed E-state index contributed by atoms with van der Waals surface area (Å²) in [5.41, 5.74) is 11.7. The Morgan fingerprint density at radius 2 is 1.77 bits per heavy atom. The number of aliphatic imine (C=N–C) groups is 1. The maximum atomic E-state index is 12.6. The second kappa shape index (κ2) is 9.51. The SMILES string of the molecule is CCCCOC(=O)c1nccc2c(OC(=O)c3ccc(N=C(N)N)cc3)cccc12. The van der Waals surface area contributed by atoms with E-state index in [0.29, 0.717) is 34.4 Å². The Balaban J connectivity index is 1.84. The largest absolute Gasteiger partial charge is 0.461 e. The van der Waals surface area contributed by atoms with Crippen molar-refractivity contribution in [3.63, 3.8) is 0 Å². The molecule has 0 bridgehead atoms. The molecule has 0 amide bonds. The average molecular weight is 406 g/mol. The van der Waals surface area contributed by atoms with Gasteiger partial charge in [0.15, 0.2) is 11.7 Å². The van der Waals surface area contributed by atoms with E-state index in [1.54, 1.807) is 48.5 Å². The van der Waals surface area contributed by atoms with E-state index in [0.717, 1.165) is 12.8 Å². The number of nitrogens with two attached hydrogens (primary N) is 2. The Morgan fingerprint density at radius 3 is 2.47 bits per heavy atom. The van der Waals surface area contributed by atoms with Gasteiger partial charge in [-0.05, 0) is 42.8 Å². The molecule has 0 atom stereocenters. The van der Waals surface area contributed by atoms with Gasteiger partial charge in [0, 0.05) is 17.0 Å². The number of aromatic nitrogens is 1. The minimum absolute atomic E-state index is 0.0706. The molecule has 8 nitrogen and oxygen atoms in total. The quantitative estimate of drug-likeness (QED) is 0.202. The van der Waals surface area contributed by atoms with Gasteiger partial charge in [-0.15, -0.1) is 0 Å². The van der Waals surface area contributed by atoms with Crippen molar-refractivity contribution in [1.82, 2.24) is 4.98 Å². The second-order valence-corrected chi connectivity index (χ2v) is 6.47. The van der Waals surface area contributed by atoms with E-state index in [9.17, 15) is 9.59 Å². The van der Waals surface area contributed by atoms with E-state index in [-0.39, 0.29) is 11.7 Å². The fourth-order valence-electron chi connectivity index (χ4n) is 2.79. The highest BCUT2D eigenvalue weighted by Gasteiger charge is 2.17. The lowest BCUT2D eigenvalue weighted by molar-refractivity contribution is 0.0495. The third kappa shape index (κ3) is 4.91. The predicted octanol–water partition coefficient (Wildman–Crippen LogP) is 3.32. The number of benzene rings is 2. The Labute approximate surface area is 173 Å². The van der Waals surface area contributed by atoms with Gasteiger partial charge in [-0.3, -0.25) is 0 Å². The van der Waals surface area contributed by atoms with Gasteiger partial charge in [-0.2, -0.15) is 0 Å². The minimum atomic E-state index is -0.553. The first-order valence-electron chi connectivity index (χ1n) is 9.46. The van der Waals surface area contributed by atoms with Crippen LogP contribution in [0.2, 0.25) is 0 Å². The van der Waals surface area contributed by atoms with Gasteiger partial charge in [0.25, 0.3) is 0 Å². The molecular formula is C22H22N4O4. The third-order valence-electron chi connectivity index (χ3n) is 4.25. The summed E-state index contributed by atoms with van der Waals surface area (Å²) in [7, 11) is 0. The molecule has 0 aliphatic heterocycles. The van der Waals surface area contributed by atoms with Crippen LogP contribution in [0.3, 0.4) is 0 Å². The van der Waals surface area contributed by atoms with E-state index in [4.69, 9.17) is 20.9 Å². The van der Waals surface area contributed by atoms with Crippen molar-refractivity contribution in [1.29, 1.82) is 0 Å². The van der Waals surface area contributed by atoms with Crippen molar-refractivity contribution in [3.05, 3.63) is 66.0 Å². The monoisotopic (exact) mass is 406 g/mol. The predicted molar refractivity (Wildman–Crippen MR) is 114 cm³/mol. The molecule has 1 heterocycles. The zero-order valence-corrected chi connectivity index (χ0v) is 16.5. The van der Waals surface area contributed by atoms with Crippen LogP contribution in [0, 0.1) is 0 Å². The van der Waals surface area contributed by atoms with Gasteiger partial charge < -0.3 is 20.9 Å². The lowest BCUT2D eigenvalue weighted by Gasteiger charge is -2.10. The number of fused-ring (bicyclic) bond motifs is 1. The molecule has 0 fully saturated rings. The summed E-state index contributed by atoms with van der Waals surface area (Å²) in [6.07, 6.45) is 3.19. The zero-order valence-electron chi connectivity index (χ0n) is 16.5. The second-order valence-electron chi connectivity index (χ2n) is 6.47. The lowest BCUT2D eigenvalue weighted by atomic mass is 10.1. The number of guanidine groups is 1. The molecular weight excluding hydrogens is 384 g/mol. The number of nitrogens with zero attached hydrogens (tertiary/aromatic N) is 2. The molecule has 0 saturated heterocycles. The first-order chi connectivity index (χ1) is 14.5. The van der Waals surface area contributed by atoms with Crippen molar-refractivity contribution >= 4 is 34.4 Å². The van der Waals surface area contributed by atoms with Crippen LogP contribution in [0.15, 0.2) is 59.7 Å². The normalized spacial score (nSPS) is 10.4. The molecule has 0 radical (unpaired) electrons. The van der Waals surface area contributed by atoms with E-state index in [1.807, 2.05) is 6.92 Å². The molecule has 3 aromatic rings. The van der Waals surface area contributed by atoms with Crippen molar-refractivity contribution in [3.8, 4) is 5.75 Å². The van der Waals surface area contributed by atoms with Gasteiger partial charge >= 0.3 is 11.9 Å². The van der Waals surface area contributed by atoms with Crippen molar-refractivity contribution in [2.45, 2.75) is 19.8 Å². The maximum Gasteiger partial charge on any atom is 0.357 e. The van der Waals surface area contributed by atoms with Gasteiger partial charge in [0.05, 0.1) is 17.9 Å². The van der Waals surface area contributed by atoms with E-state index < -0.39 is 11.9 Å². The minimum Gasteiger partial charge on any atom is -0.461 e. The van der Waals surface area contributed by atoms with Crippen LogP contribution in [0.25, 0.3) is 10.8 Å². The summed E-state index contributed by atoms with van der Waals surface area (Å²) in [5.74, 6) is -0.815. The Hall–Kier alpha value is -3.94. The fraction of sp³-hybridized carbons (Fsp3) is 0.182. The summed E-state index contributed by atoms with van der Waals surface area (Å²) in [4.78, 5) is 33.0. The molecule has 2 aromatic carbocycles. The summed E-state index contributed by atoms with van der Waals surface area (Å²) in [6, 6.07) is 13.1. The van der Waals surface area contributed by atoms with E-state index >= 15 is 0 Å². The van der Waals surface area contributed by atoms with Gasteiger partial charge in [-0.1, -0.05) is 25.5 Å².